The predicted molar refractivity (Wildman–Crippen MR) is 28.8 cm³/mol. The van der Waals surface area contributed by atoms with Gasteiger partial charge in [0, 0.05) is 0 Å². The minimum absolute atomic E-state index is 0.322. The summed E-state index contributed by atoms with van der Waals surface area (Å²) in [6.45, 7) is 3.36. The lowest BCUT2D eigenvalue weighted by molar-refractivity contribution is 0.291. The average molecular weight is 100 g/mol. The average Bonchev–Trinajstić information content (AvgIpc) is 1.68. The summed E-state index contributed by atoms with van der Waals surface area (Å²) in [7, 11) is 1.48. The van der Waals surface area contributed by atoms with E-state index in [9.17, 15) is 0 Å². The lowest BCUT2D eigenvalue weighted by Crippen LogP contribution is -1.89. The Labute approximate surface area is 42.5 Å². The standard InChI is InChI=1S/C4H8N2O/c1-4(7-2)6-3-5/h3H,1H2,2H3,(H2,5,6). The van der Waals surface area contributed by atoms with Gasteiger partial charge >= 0.3 is 0 Å². The summed E-state index contributed by atoms with van der Waals surface area (Å²) in [5, 5.41) is 0. The van der Waals surface area contributed by atoms with Crippen molar-refractivity contribution in [2.45, 2.75) is 0 Å². The van der Waals surface area contributed by atoms with E-state index in [4.69, 9.17) is 5.73 Å². The van der Waals surface area contributed by atoms with Crippen molar-refractivity contribution in [1.29, 1.82) is 0 Å². The molecule has 3 heteroatoms. The number of rotatable bonds is 2. The molecule has 40 valence electrons. The van der Waals surface area contributed by atoms with E-state index in [1.165, 1.54) is 7.11 Å². The van der Waals surface area contributed by atoms with Gasteiger partial charge in [0.05, 0.1) is 13.4 Å². The third-order valence-corrected chi connectivity index (χ3v) is 0.454. The lowest BCUT2D eigenvalue weighted by Gasteiger charge is -1.90. The van der Waals surface area contributed by atoms with Gasteiger partial charge in [-0.2, -0.15) is 0 Å². The molecule has 0 radical (unpaired) electrons. The highest BCUT2D eigenvalue weighted by Crippen LogP contribution is 1.86. The summed E-state index contributed by atoms with van der Waals surface area (Å²) < 4.78 is 4.52. The van der Waals surface area contributed by atoms with Gasteiger partial charge in [0.2, 0.25) is 5.88 Å². The molecule has 0 unspecified atom stereocenters. The molecule has 0 aliphatic heterocycles. The van der Waals surface area contributed by atoms with E-state index in [0.717, 1.165) is 6.34 Å². The fourth-order valence-electron chi connectivity index (χ4n) is 0.136. The van der Waals surface area contributed by atoms with Gasteiger partial charge in [0.25, 0.3) is 0 Å². The molecule has 0 aromatic heterocycles. The number of nitrogens with zero attached hydrogens (tertiary/aromatic N) is 1. The molecule has 2 N–H and O–H groups in total. The summed E-state index contributed by atoms with van der Waals surface area (Å²) in [5.74, 6) is 0.322. The van der Waals surface area contributed by atoms with E-state index in [1.807, 2.05) is 0 Å². The fourth-order valence-corrected chi connectivity index (χ4v) is 0.136. The second-order valence-corrected chi connectivity index (χ2v) is 0.876. The monoisotopic (exact) mass is 100 g/mol. The number of aliphatic imine (C=N–C) groups is 1. The van der Waals surface area contributed by atoms with Gasteiger partial charge in [-0.25, -0.2) is 4.99 Å². The molecular formula is C4H8N2O. The molecule has 7 heavy (non-hydrogen) atoms. The van der Waals surface area contributed by atoms with Gasteiger partial charge in [0.15, 0.2) is 0 Å². The van der Waals surface area contributed by atoms with Crippen molar-refractivity contribution in [3.8, 4) is 0 Å². The number of methoxy groups -OCH3 is 1. The second kappa shape index (κ2) is 3.21. The van der Waals surface area contributed by atoms with Crippen LogP contribution in [0.5, 0.6) is 0 Å². The molecule has 0 rings (SSSR count). The molecule has 3 nitrogen and oxygen atoms in total. The van der Waals surface area contributed by atoms with Crippen LogP contribution in [0.25, 0.3) is 0 Å². The van der Waals surface area contributed by atoms with Gasteiger partial charge in [-0.1, -0.05) is 0 Å². The number of ether oxygens (including phenoxy) is 1. The van der Waals surface area contributed by atoms with Crippen LogP contribution < -0.4 is 5.73 Å². The van der Waals surface area contributed by atoms with Crippen LogP contribution in [0, 0.1) is 0 Å². The SMILES string of the molecule is C=C(N=CN)OC. The molecule has 0 atom stereocenters. The minimum Gasteiger partial charge on any atom is -0.481 e. The summed E-state index contributed by atoms with van der Waals surface area (Å²) in [4.78, 5) is 3.48. The van der Waals surface area contributed by atoms with Crippen LogP contribution in [0.1, 0.15) is 0 Å². The molecule has 0 aliphatic rings. The predicted octanol–water partition coefficient (Wildman–Crippen LogP) is 0.0910. The quantitative estimate of drug-likeness (QED) is 0.304. The zero-order chi connectivity index (χ0) is 5.70. The number of hydrogen-bond acceptors (Lipinski definition) is 2. The largest absolute Gasteiger partial charge is 0.481 e. The van der Waals surface area contributed by atoms with Crippen LogP contribution in [0.2, 0.25) is 0 Å². The molecular weight excluding hydrogens is 92.1 g/mol. The van der Waals surface area contributed by atoms with Crippen LogP contribution >= 0.6 is 0 Å². The topological polar surface area (TPSA) is 47.6 Å². The zero-order valence-electron chi connectivity index (χ0n) is 4.22. The summed E-state index contributed by atoms with van der Waals surface area (Å²) in [5.41, 5.74) is 4.87. The Hall–Kier alpha value is -0.990. The third-order valence-electron chi connectivity index (χ3n) is 0.454. The van der Waals surface area contributed by atoms with Crippen molar-refractivity contribution >= 4 is 6.34 Å². The maximum atomic E-state index is 4.87. The Morgan fingerprint density at radius 1 is 2.00 bits per heavy atom. The number of hydrogen-bond donors (Lipinski definition) is 1. The molecule has 0 bridgehead atoms. The van der Waals surface area contributed by atoms with Crippen molar-refractivity contribution in [3.63, 3.8) is 0 Å². The van der Waals surface area contributed by atoms with Gasteiger partial charge in [-0.15, -0.1) is 0 Å². The van der Waals surface area contributed by atoms with E-state index >= 15 is 0 Å². The summed E-state index contributed by atoms with van der Waals surface area (Å²) in [6, 6.07) is 0. The Balaban J connectivity index is 3.37. The highest BCUT2D eigenvalue weighted by molar-refractivity contribution is 5.52. The Bertz CT molecular complexity index is 87.7. The van der Waals surface area contributed by atoms with Crippen LogP contribution in [0.4, 0.5) is 0 Å². The van der Waals surface area contributed by atoms with Crippen LogP contribution in [0.15, 0.2) is 17.5 Å². The first-order valence-electron chi connectivity index (χ1n) is 1.78. The van der Waals surface area contributed by atoms with Crippen molar-refractivity contribution in [2.24, 2.45) is 10.7 Å². The normalized spacial score (nSPS) is 9.29. The third kappa shape index (κ3) is 2.82. The van der Waals surface area contributed by atoms with Crippen LogP contribution in [-0.4, -0.2) is 13.4 Å². The first-order chi connectivity index (χ1) is 3.31. The molecule has 0 aromatic rings. The van der Waals surface area contributed by atoms with E-state index in [0.29, 0.717) is 5.88 Å². The zero-order valence-corrected chi connectivity index (χ0v) is 4.22. The Morgan fingerprint density at radius 2 is 2.57 bits per heavy atom. The highest BCUT2D eigenvalue weighted by Gasteiger charge is 1.75. The molecule has 0 amide bonds. The van der Waals surface area contributed by atoms with E-state index in [1.54, 1.807) is 0 Å². The van der Waals surface area contributed by atoms with Crippen LogP contribution in [0.3, 0.4) is 0 Å². The smallest absolute Gasteiger partial charge is 0.206 e. The first kappa shape index (κ1) is 6.01. The van der Waals surface area contributed by atoms with E-state index in [-0.39, 0.29) is 0 Å². The molecule has 0 aromatic carbocycles. The second-order valence-electron chi connectivity index (χ2n) is 0.876. The van der Waals surface area contributed by atoms with Crippen molar-refractivity contribution in [1.82, 2.24) is 0 Å². The van der Waals surface area contributed by atoms with E-state index in [2.05, 4.69) is 16.3 Å². The fraction of sp³-hybridized carbons (Fsp3) is 0.250. The molecule has 0 saturated carbocycles. The molecule has 0 saturated heterocycles. The van der Waals surface area contributed by atoms with Crippen molar-refractivity contribution in [3.05, 3.63) is 12.5 Å². The van der Waals surface area contributed by atoms with Crippen molar-refractivity contribution < 1.29 is 4.74 Å². The van der Waals surface area contributed by atoms with Gasteiger partial charge < -0.3 is 10.5 Å². The molecule has 0 spiro atoms. The van der Waals surface area contributed by atoms with Gasteiger partial charge in [-0.05, 0) is 6.58 Å². The maximum Gasteiger partial charge on any atom is 0.206 e. The maximum absolute atomic E-state index is 4.87. The van der Waals surface area contributed by atoms with Crippen molar-refractivity contribution in [2.75, 3.05) is 7.11 Å². The molecule has 0 heterocycles. The Kier molecular flexibility index (Phi) is 2.76. The van der Waals surface area contributed by atoms with Crippen LogP contribution in [-0.2, 0) is 4.74 Å². The minimum atomic E-state index is 0.322. The lowest BCUT2D eigenvalue weighted by atomic mass is 10.9. The molecule has 0 fully saturated rings. The molecule has 0 aliphatic carbocycles. The van der Waals surface area contributed by atoms with Gasteiger partial charge in [0.1, 0.15) is 0 Å². The summed E-state index contributed by atoms with van der Waals surface area (Å²) in [6.07, 6.45) is 1.13. The summed E-state index contributed by atoms with van der Waals surface area (Å²) >= 11 is 0. The Morgan fingerprint density at radius 3 is 2.71 bits per heavy atom. The van der Waals surface area contributed by atoms with E-state index < -0.39 is 0 Å². The first-order valence-corrected chi connectivity index (χ1v) is 1.78. The number of nitrogens with two attached hydrogens (primary N) is 1. The van der Waals surface area contributed by atoms with Gasteiger partial charge in [-0.3, -0.25) is 0 Å². The highest BCUT2D eigenvalue weighted by atomic mass is 16.5.